The first-order chi connectivity index (χ1) is 8.40. The van der Waals surface area contributed by atoms with Crippen LogP contribution in [0.4, 0.5) is 13.2 Å². The van der Waals surface area contributed by atoms with Crippen molar-refractivity contribution in [2.45, 2.75) is 6.92 Å². The van der Waals surface area contributed by atoms with Gasteiger partial charge in [-0.15, -0.1) is 11.3 Å². The molecule has 0 spiro atoms. The minimum absolute atomic E-state index is 0.0626. The fraction of sp³-hybridized carbons (Fsp3) is 0.0833. The van der Waals surface area contributed by atoms with Crippen LogP contribution < -0.4 is 0 Å². The van der Waals surface area contributed by atoms with Crippen LogP contribution in [-0.2, 0) is 0 Å². The van der Waals surface area contributed by atoms with Crippen molar-refractivity contribution in [3.05, 3.63) is 46.1 Å². The Morgan fingerprint density at radius 3 is 2.17 bits per heavy atom. The molecule has 0 fully saturated rings. The van der Waals surface area contributed by atoms with Gasteiger partial charge in [-0.05, 0) is 36.2 Å². The summed E-state index contributed by atoms with van der Waals surface area (Å²) in [5.41, 5.74) is 0.698. The third kappa shape index (κ3) is 2.11. The van der Waals surface area contributed by atoms with Gasteiger partial charge < -0.3 is 5.11 Å². The number of rotatable bonds is 2. The van der Waals surface area contributed by atoms with Gasteiger partial charge in [0, 0.05) is 4.88 Å². The Kier molecular flexibility index (Phi) is 3.13. The average Bonchev–Trinajstić information content (AvgIpc) is 2.68. The van der Waals surface area contributed by atoms with Crippen molar-refractivity contribution in [1.82, 2.24) is 0 Å². The summed E-state index contributed by atoms with van der Waals surface area (Å²) in [6, 6.07) is 3.10. The van der Waals surface area contributed by atoms with Gasteiger partial charge in [0.2, 0.25) is 0 Å². The lowest BCUT2D eigenvalue weighted by atomic mass is 10.1. The van der Waals surface area contributed by atoms with Crippen molar-refractivity contribution in [3.63, 3.8) is 0 Å². The standard InChI is InChI=1S/C12H7F3O2S/c1-5-2-9(12(16)17)18-11(5)6-3-7(13)10(15)8(14)4-6/h2-4H,1H3,(H,16,17). The van der Waals surface area contributed by atoms with Gasteiger partial charge in [0.25, 0.3) is 0 Å². The number of benzene rings is 1. The molecule has 1 heterocycles. The highest BCUT2D eigenvalue weighted by molar-refractivity contribution is 7.17. The zero-order valence-corrected chi connectivity index (χ0v) is 9.95. The van der Waals surface area contributed by atoms with Crippen molar-refractivity contribution in [2.24, 2.45) is 0 Å². The van der Waals surface area contributed by atoms with Crippen molar-refractivity contribution in [3.8, 4) is 10.4 Å². The molecule has 2 aromatic rings. The van der Waals surface area contributed by atoms with Gasteiger partial charge in [0.05, 0.1) is 0 Å². The zero-order chi connectivity index (χ0) is 13.4. The number of aromatic carboxylic acids is 1. The van der Waals surface area contributed by atoms with Crippen LogP contribution in [0.2, 0.25) is 0 Å². The SMILES string of the molecule is Cc1cc(C(=O)O)sc1-c1cc(F)c(F)c(F)c1. The van der Waals surface area contributed by atoms with Crippen LogP contribution >= 0.6 is 11.3 Å². The fourth-order valence-corrected chi connectivity index (χ4v) is 2.56. The van der Waals surface area contributed by atoms with Crippen molar-refractivity contribution < 1.29 is 23.1 Å². The molecule has 0 radical (unpaired) electrons. The molecule has 2 rings (SSSR count). The number of carboxylic acids is 1. The maximum atomic E-state index is 13.1. The third-order valence-corrected chi connectivity index (χ3v) is 3.65. The summed E-state index contributed by atoms with van der Waals surface area (Å²) in [6.45, 7) is 1.62. The van der Waals surface area contributed by atoms with E-state index in [-0.39, 0.29) is 10.4 Å². The smallest absolute Gasteiger partial charge is 0.345 e. The van der Waals surface area contributed by atoms with Gasteiger partial charge in [-0.1, -0.05) is 0 Å². The lowest BCUT2D eigenvalue weighted by Crippen LogP contribution is -1.91. The van der Waals surface area contributed by atoms with E-state index >= 15 is 0 Å². The quantitative estimate of drug-likeness (QED) is 0.843. The maximum Gasteiger partial charge on any atom is 0.345 e. The monoisotopic (exact) mass is 272 g/mol. The highest BCUT2D eigenvalue weighted by Crippen LogP contribution is 2.33. The highest BCUT2D eigenvalue weighted by Gasteiger charge is 2.16. The molecule has 1 N–H and O–H groups in total. The molecule has 0 amide bonds. The van der Waals surface area contributed by atoms with Crippen molar-refractivity contribution >= 4 is 17.3 Å². The summed E-state index contributed by atoms with van der Waals surface area (Å²) in [6.07, 6.45) is 0. The van der Waals surface area contributed by atoms with Gasteiger partial charge in [-0.3, -0.25) is 0 Å². The van der Waals surface area contributed by atoms with Gasteiger partial charge in [-0.2, -0.15) is 0 Å². The van der Waals surface area contributed by atoms with E-state index in [0.717, 1.165) is 23.5 Å². The van der Waals surface area contributed by atoms with E-state index < -0.39 is 23.4 Å². The zero-order valence-electron chi connectivity index (χ0n) is 9.13. The van der Waals surface area contributed by atoms with E-state index in [1.54, 1.807) is 6.92 Å². The van der Waals surface area contributed by atoms with Gasteiger partial charge >= 0.3 is 5.97 Å². The van der Waals surface area contributed by atoms with Gasteiger partial charge in [0.1, 0.15) is 4.88 Å². The van der Waals surface area contributed by atoms with E-state index in [0.29, 0.717) is 10.4 Å². The normalized spacial score (nSPS) is 10.7. The summed E-state index contributed by atoms with van der Waals surface area (Å²) in [5, 5.41) is 8.83. The Bertz CT molecular complexity index is 611. The molecule has 18 heavy (non-hydrogen) atoms. The Balaban J connectivity index is 2.58. The second-order valence-corrected chi connectivity index (χ2v) is 4.73. The first-order valence-corrected chi connectivity index (χ1v) is 5.70. The molecule has 0 saturated carbocycles. The molecule has 0 aliphatic carbocycles. The number of halogens is 3. The summed E-state index contributed by atoms with van der Waals surface area (Å²) in [4.78, 5) is 11.3. The summed E-state index contributed by atoms with van der Waals surface area (Å²) >= 11 is 0.889. The Hall–Kier alpha value is -1.82. The summed E-state index contributed by atoms with van der Waals surface area (Å²) in [7, 11) is 0. The van der Waals surface area contributed by atoms with E-state index in [4.69, 9.17) is 5.11 Å². The number of hydrogen-bond donors (Lipinski definition) is 1. The molecule has 0 atom stereocenters. The minimum atomic E-state index is -1.54. The maximum absolute atomic E-state index is 13.1. The molecule has 0 aliphatic rings. The average molecular weight is 272 g/mol. The summed E-state index contributed by atoms with van der Waals surface area (Å²) < 4.78 is 39.0. The molecule has 0 saturated heterocycles. The largest absolute Gasteiger partial charge is 0.477 e. The Morgan fingerprint density at radius 1 is 1.17 bits per heavy atom. The molecule has 2 nitrogen and oxygen atoms in total. The number of thiophene rings is 1. The summed E-state index contributed by atoms with van der Waals surface area (Å²) in [5.74, 6) is -5.24. The first-order valence-electron chi connectivity index (χ1n) is 4.88. The number of aryl methyl sites for hydroxylation is 1. The molecule has 0 bridgehead atoms. The van der Waals surface area contributed by atoms with Crippen LogP contribution in [0.25, 0.3) is 10.4 Å². The van der Waals surface area contributed by atoms with Crippen molar-refractivity contribution in [2.75, 3.05) is 0 Å². The van der Waals surface area contributed by atoms with Crippen LogP contribution in [0, 0.1) is 24.4 Å². The number of carbonyl (C=O) groups is 1. The lowest BCUT2D eigenvalue weighted by Gasteiger charge is -2.02. The predicted octanol–water partition coefficient (Wildman–Crippen LogP) is 3.84. The lowest BCUT2D eigenvalue weighted by molar-refractivity contribution is 0.0702. The molecular formula is C12H7F3O2S. The van der Waals surface area contributed by atoms with E-state index in [2.05, 4.69) is 0 Å². The predicted molar refractivity (Wildman–Crippen MR) is 61.3 cm³/mol. The molecule has 0 aliphatic heterocycles. The molecule has 6 heteroatoms. The van der Waals surface area contributed by atoms with Crippen LogP contribution in [0.15, 0.2) is 18.2 Å². The highest BCUT2D eigenvalue weighted by atomic mass is 32.1. The number of carboxylic acid groups (broad SMARTS) is 1. The molecule has 0 unspecified atom stereocenters. The van der Waals surface area contributed by atoms with Gasteiger partial charge in [0.15, 0.2) is 17.5 Å². The molecule has 1 aromatic heterocycles. The van der Waals surface area contributed by atoms with Crippen LogP contribution in [0.1, 0.15) is 15.2 Å². The third-order valence-electron chi connectivity index (χ3n) is 2.37. The minimum Gasteiger partial charge on any atom is -0.477 e. The Morgan fingerprint density at radius 2 is 1.72 bits per heavy atom. The molecular weight excluding hydrogens is 265 g/mol. The molecule has 1 aromatic carbocycles. The van der Waals surface area contributed by atoms with E-state index in [1.165, 1.54) is 6.07 Å². The second-order valence-electron chi connectivity index (χ2n) is 3.68. The van der Waals surface area contributed by atoms with Crippen LogP contribution in [0.3, 0.4) is 0 Å². The second kappa shape index (κ2) is 4.45. The van der Waals surface area contributed by atoms with E-state index in [9.17, 15) is 18.0 Å². The number of hydrogen-bond acceptors (Lipinski definition) is 2. The van der Waals surface area contributed by atoms with Gasteiger partial charge in [-0.25, -0.2) is 18.0 Å². The van der Waals surface area contributed by atoms with Crippen LogP contribution in [0.5, 0.6) is 0 Å². The topological polar surface area (TPSA) is 37.3 Å². The Labute approximate surface area is 104 Å². The first kappa shape index (κ1) is 12.6. The molecule has 94 valence electrons. The van der Waals surface area contributed by atoms with E-state index in [1.807, 2.05) is 0 Å². The van der Waals surface area contributed by atoms with Crippen LogP contribution in [-0.4, -0.2) is 11.1 Å². The fourth-order valence-electron chi connectivity index (χ4n) is 1.56. The van der Waals surface area contributed by atoms with Crippen molar-refractivity contribution in [1.29, 1.82) is 0 Å².